The fourth-order valence-corrected chi connectivity index (χ4v) is 3.37. The van der Waals surface area contributed by atoms with E-state index in [1.165, 1.54) is 14.2 Å². The van der Waals surface area contributed by atoms with E-state index in [0.29, 0.717) is 11.1 Å². The number of halogens is 1. The molecular weight excluding hydrogens is 488 g/mol. The number of carbonyl (C=O) groups excluding carboxylic acids is 2. The van der Waals surface area contributed by atoms with Crippen molar-refractivity contribution in [2.24, 2.45) is 0 Å². The van der Waals surface area contributed by atoms with Gasteiger partial charge in [0, 0.05) is 16.1 Å². The van der Waals surface area contributed by atoms with Crippen LogP contribution in [0.4, 0.5) is 0 Å². The van der Waals surface area contributed by atoms with Crippen LogP contribution in [-0.2, 0) is 9.47 Å². The largest absolute Gasteiger partial charge is 0.497 e. The number of benzene rings is 3. The van der Waals surface area contributed by atoms with Gasteiger partial charge in [-0.25, -0.2) is 9.59 Å². The maximum Gasteiger partial charge on any atom is 0.337 e. The second-order valence-corrected chi connectivity index (χ2v) is 7.90. The van der Waals surface area contributed by atoms with Crippen LogP contribution in [0, 0.1) is 13.8 Å². The van der Waals surface area contributed by atoms with Crippen LogP contribution in [0.5, 0.6) is 11.5 Å². The minimum Gasteiger partial charge on any atom is -0.497 e. The average molecular weight is 515 g/mol. The number of hydrogen-bond acceptors (Lipinski definition) is 6. The summed E-state index contributed by atoms with van der Waals surface area (Å²) >= 11 is 3.35. The van der Waals surface area contributed by atoms with E-state index in [1.807, 2.05) is 50.2 Å². The smallest absolute Gasteiger partial charge is 0.337 e. The molecular formula is C26H27BrO6. The Morgan fingerprint density at radius 1 is 0.667 bits per heavy atom. The summed E-state index contributed by atoms with van der Waals surface area (Å²) in [5.41, 5.74) is 5.07. The molecule has 3 aromatic carbocycles. The van der Waals surface area contributed by atoms with E-state index in [-0.39, 0.29) is 11.9 Å². The Bertz CT molecular complexity index is 1140. The molecule has 33 heavy (non-hydrogen) atoms. The molecule has 3 rings (SSSR count). The molecule has 0 unspecified atom stereocenters. The van der Waals surface area contributed by atoms with Gasteiger partial charge >= 0.3 is 11.9 Å². The molecule has 6 nitrogen and oxygen atoms in total. The molecule has 0 atom stereocenters. The fourth-order valence-electron chi connectivity index (χ4n) is 3.12. The second kappa shape index (κ2) is 12.1. The van der Waals surface area contributed by atoms with Gasteiger partial charge in [0.1, 0.15) is 11.5 Å². The number of methoxy groups -OCH3 is 4. The predicted octanol–water partition coefficient (Wildman–Crippen LogP) is 6.01. The van der Waals surface area contributed by atoms with Crippen molar-refractivity contribution < 1.29 is 28.5 Å². The summed E-state index contributed by atoms with van der Waals surface area (Å²) in [6, 6.07) is 16.5. The van der Waals surface area contributed by atoms with Crippen molar-refractivity contribution in [1.82, 2.24) is 0 Å². The van der Waals surface area contributed by atoms with Crippen LogP contribution in [0.1, 0.15) is 31.8 Å². The highest BCUT2D eigenvalue weighted by molar-refractivity contribution is 9.10. The standard InChI is InChI=1S/C17H18O4.C9H9BrO2/c1-11-9-12(17(18)21-4)5-7-14(11)15-8-6-13(19-2)10-16(15)20-3;1-6-5-7(9(11)12-2)3-4-8(6)10/h5-10H,1-4H3;3-5H,1-2H3. The summed E-state index contributed by atoms with van der Waals surface area (Å²) < 4.78 is 20.9. The average Bonchev–Trinajstić information content (AvgIpc) is 2.84. The SMILES string of the molecule is COC(=O)c1ccc(-c2ccc(OC)cc2OC)c(C)c1.COC(=O)c1ccc(Br)c(C)c1. The van der Waals surface area contributed by atoms with Crippen molar-refractivity contribution in [3.8, 4) is 22.6 Å². The summed E-state index contributed by atoms with van der Waals surface area (Å²) in [5, 5.41) is 0. The first-order valence-electron chi connectivity index (χ1n) is 10.0. The first-order chi connectivity index (χ1) is 15.7. The third kappa shape index (κ3) is 6.58. The highest BCUT2D eigenvalue weighted by Crippen LogP contribution is 2.35. The lowest BCUT2D eigenvalue weighted by Crippen LogP contribution is -2.02. The quantitative estimate of drug-likeness (QED) is 0.388. The molecule has 0 bridgehead atoms. The fraction of sp³-hybridized carbons (Fsp3) is 0.231. The zero-order valence-corrected chi connectivity index (χ0v) is 21.1. The number of aryl methyl sites for hydroxylation is 2. The van der Waals surface area contributed by atoms with Gasteiger partial charge in [0.15, 0.2) is 0 Å². The molecule has 0 N–H and O–H groups in total. The lowest BCUT2D eigenvalue weighted by Gasteiger charge is -2.13. The van der Waals surface area contributed by atoms with Gasteiger partial charge in [-0.2, -0.15) is 0 Å². The van der Waals surface area contributed by atoms with Crippen LogP contribution < -0.4 is 9.47 Å². The molecule has 0 aliphatic carbocycles. The van der Waals surface area contributed by atoms with Crippen molar-refractivity contribution in [3.05, 3.63) is 81.3 Å². The van der Waals surface area contributed by atoms with Crippen LogP contribution in [0.3, 0.4) is 0 Å². The molecule has 0 aromatic heterocycles. The van der Waals surface area contributed by atoms with Crippen LogP contribution >= 0.6 is 15.9 Å². The number of rotatable bonds is 5. The highest BCUT2D eigenvalue weighted by Gasteiger charge is 2.13. The van der Waals surface area contributed by atoms with Gasteiger partial charge < -0.3 is 18.9 Å². The van der Waals surface area contributed by atoms with Crippen molar-refractivity contribution in [2.75, 3.05) is 28.4 Å². The molecule has 0 fully saturated rings. The molecule has 174 valence electrons. The maximum absolute atomic E-state index is 11.6. The van der Waals surface area contributed by atoms with Gasteiger partial charge in [-0.1, -0.05) is 22.0 Å². The van der Waals surface area contributed by atoms with E-state index in [4.69, 9.17) is 14.2 Å². The summed E-state index contributed by atoms with van der Waals surface area (Å²) in [7, 11) is 5.99. The van der Waals surface area contributed by atoms with Crippen molar-refractivity contribution in [3.63, 3.8) is 0 Å². The molecule has 0 aliphatic heterocycles. The highest BCUT2D eigenvalue weighted by atomic mass is 79.9. The molecule has 0 spiro atoms. The third-order valence-electron chi connectivity index (χ3n) is 4.93. The van der Waals surface area contributed by atoms with Gasteiger partial charge in [0.25, 0.3) is 0 Å². The van der Waals surface area contributed by atoms with Crippen LogP contribution in [0.25, 0.3) is 11.1 Å². The van der Waals surface area contributed by atoms with Crippen molar-refractivity contribution >= 4 is 27.9 Å². The summed E-state index contributed by atoms with van der Waals surface area (Å²) in [5.74, 6) is 0.819. The lowest BCUT2D eigenvalue weighted by molar-refractivity contribution is 0.0592. The van der Waals surface area contributed by atoms with E-state index >= 15 is 0 Å². The van der Waals surface area contributed by atoms with Crippen molar-refractivity contribution in [2.45, 2.75) is 13.8 Å². The number of esters is 2. The van der Waals surface area contributed by atoms with E-state index in [2.05, 4.69) is 20.7 Å². The van der Waals surface area contributed by atoms with Gasteiger partial charge in [0.2, 0.25) is 0 Å². The van der Waals surface area contributed by atoms with E-state index < -0.39 is 0 Å². The molecule has 0 saturated carbocycles. The Morgan fingerprint density at radius 2 is 1.21 bits per heavy atom. The zero-order valence-electron chi connectivity index (χ0n) is 19.5. The molecule has 0 radical (unpaired) electrons. The Labute approximate surface area is 202 Å². The molecule has 0 aliphatic rings. The minimum atomic E-state index is -0.341. The Kier molecular flexibility index (Phi) is 9.48. The second-order valence-electron chi connectivity index (χ2n) is 7.04. The van der Waals surface area contributed by atoms with Gasteiger partial charge in [-0.3, -0.25) is 0 Å². The summed E-state index contributed by atoms with van der Waals surface area (Å²) in [6.45, 7) is 3.88. The topological polar surface area (TPSA) is 71.1 Å². The van der Waals surface area contributed by atoms with Gasteiger partial charge in [0.05, 0.1) is 39.6 Å². The first kappa shape index (κ1) is 25.9. The van der Waals surface area contributed by atoms with Crippen LogP contribution in [0.15, 0.2) is 59.1 Å². The summed E-state index contributed by atoms with van der Waals surface area (Å²) in [6.07, 6.45) is 0. The molecule has 7 heteroatoms. The third-order valence-corrected chi connectivity index (χ3v) is 5.82. The lowest BCUT2D eigenvalue weighted by atomic mass is 9.97. The Hall–Kier alpha value is -3.32. The Morgan fingerprint density at radius 3 is 1.70 bits per heavy atom. The molecule has 3 aromatic rings. The van der Waals surface area contributed by atoms with Crippen molar-refractivity contribution in [1.29, 1.82) is 0 Å². The number of hydrogen-bond donors (Lipinski definition) is 0. The zero-order chi connectivity index (χ0) is 24.5. The van der Waals surface area contributed by atoms with E-state index in [0.717, 1.165) is 38.2 Å². The van der Waals surface area contributed by atoms with E-state index in [1.54, 1.807) is 32.4 Å². The van der Waals surface area contributed by atoms with Crippen LogP contribution in [0.2, 0.25) is 0 Å². The molecule has 0 heterocycles. The maximum atomic E-state index is 11.6. The van der Waals surface area contributed by atoms with Gasteiger partial charge in [-0.15, -0.1) is 0 Å². The van der Waals surface area contributed by atoms with Gasteiger partial charge in [-0.05, 0) is 73.0 Å². The first-order valence-corrected chi connectivity index (χ1v) is 10.8. The normalized spacial score (nSPS) is 9.91. The predicted molar refractivity (Wildman–Crippen MR) is 131 cm³/mol. The molecule has 0 amide bonds. The minimum absolute atomic E-state index is 0.300. The number of ether oxygens (including phenoxy) is 4. The molecule has 0 saturated heterocycles. The van der Waals surface area contributed by atoms with E-state index in [9.17, 15) is 9.59 Å². The Balaban J connectivity index is 0.000000273. The van der Waals surface area contributed by atoms with Crippen LogP contribution in [-0.4, -0.2) is 40.4 Å². The summed E-state index contributed by atoms with van der Waals surface area (Å²) in [4.78, 5) is 22.6. The monoisotopic (exact) mass is 514 g/mol. The number of carbonyl (C=O) groups is 2.